The van der Waals surface area contributed by atoms with Gasteiger partial charge in [0.15, 0.2) is 0 Å². The number of hydrogen-bond acceptors (Lipinski definition) is 3. The topological polar surface area (TPSA) is 29.5 Å². The summed E-state index contributed by atoms with van der Waals surface area (Å²) in [5, 5.41) is 11.0. The van der Waals surface area contributed by atoms with Gasteiger partial charge in [0.25, 0.3) is 0 Å². The maximum absolute atomic E-state index is 10.4. The number of methoxy groups -OCH3 is 1. The van der Waals surface area contributed by atoms with Crippen LogP contribution in [0.2, 0.25) is 5.02 Å². The van der Waals surface area contributed by atoms with Crippen molar-refractivity contribution < 1.29 is 9.84 Å². The van der Waals surface area contributed by atoms with Crippen LogP contribution in [0, 0.1) is 6.92 Å². The average Bonchev–Trinajstić information content (AvgIpc) is 2.68. The first-order chi connectivity index (χ1) is 8.52. The predicted molar refractivity (Wildman–Crippen MR) is 78.8 cm³/mol. The first-order valence-corrected chi connectivity index (χ1v) is 7.29. The van der Waals surface area contributed by atoms with Crippen molar-refractivity contribution in [3.8, 4) is 5.75 Å². The molecule has 5 heteroatoms. The summed E-state index contributed by atoms with van der Waals surface area (Å²) in [6.07, 6.45) is -0.728. The van der Waals surface area contributed by atoms with Crippen molar-refractivity contribution in [2.75, 3.05) is 7.11 Å². The fraction of sp³-hybridized carbons (Fsp3) is 0.231. The van der Waals surface area contributed by atoms with Gasteiger partial charge in [0, 0.05) is 24.8 Å². The number of hydrogen-bond donors (Lipinski definition) is 1. The highest BCUT2D eigenvalue weighted by Crippen LogP contribution is 2.37. The molecular weight excluding hydrogens is 336 g/mol. The first-order valence-electron chi connectivity index (χ1n) is 5.30. The van der Waals surface area contributed by atoms with E-state index < -0.39 is 6.10 Å². The van der Waals surface area contributed by atoms with Crippen LogP contribution >= 0.6 is 38.9 Å². The Morgan fingerprint density at radius 1 is 1.39 bits per heavy atom. The van der Waals surface area contributed by atoms with Gasteiger partial charge < -0.3 is 9.84 Å². The number of ether oxygens (including phenoxy) is 1. The molecule has 0 amide bonds. The van der Waals surface area contributed by atoms with Crippen LogP contribution < -0.4 is 4.74 Å². The summed E-state index contributed by atoms with van der Waals surface area (Å²) < 4.78 is 6.26. The number of benzene rings is 1. The van der Waals surface area contributed by atoms with Crippen molar-refractivity contribution in [1.82, 2.24) is 0 Å². The highest BCUT2D eigenvalue weighted by molar-refractivity contribution is 9.10. The fourth-order valence-electron chi connectivity index (χ4n) is 1.69. The Morgan fingerprint density at radius 2 is 2.11 bits per heavy atom. The zero-order valence-electron chi connectivity index (χ0n) is 9.91. The SMILES string of the molecule is COc1ccc(Cl)cc1C(O)c1cc(Br)c(C)s1. The molecule has 0 aliphatic carbocycles. The Morgan fingerprint density at radius 3 is 2.67 bits per heavy atom. The lowest BCUT2D eigenvalue weighted by Crippen LogP contribution is -2.00. The predicted octanol–water partition coefficient (Wildman–Crippen LogP) is 4.56. The molecule has 1 heterocycles. The number of rotatable bonds is 3. The van der Waals surface area contributed by atoms with Crippen molar-refractivity contribution >= 4 is 38.9 Å². The lowest BCUT2D eigenvalue weighted by Gasteiger charge is -2.13. The molecule has 2 nitrogen and oxygen atoms in total. The van der Waals surface area contributed by atoms with Gasteiger partial charge in [-0.15, -0.1) is 11.3 Å². The molecule has 0 bridgehead atoms. The second-order valence-electron chi connectivity index (χ2n) is 3.84. The molecular formula is C13H12BrClO2S. The standard InChI is InChI=1S/C13H12BrClO2S/c1-7-10(14)6-12(18-7)13(16)9-5-8(15)3-4-11(9)17-2/h3-6,13,16H,1-2H3. The molecule has 1 aromatic carbocycles. The van der Waals surface area contributed by atoms with Gasteiger partial charge in [0.05, 0.1) is 7.11 Å². The smallest absolute Gasteiger partial charge is 0.125 e. The molecule has 0 aliphatic heterocycles. The second kappa shape index (κ2) is 5.61. The van der Waals surface area contributed by atoms with E-state index in [2.05, 4.69) is 15.9 Å². The van der Waals surface area contributed by atoms with Crippen LogP contribution in [-0.2, 0) is 0 Å². The Balaban J connectivity index is 2.44. The molecule has 1 N–H and O–H groups in total. The summed E-state index contributed by atoms with van der Waals surface area (Å²) in [4.78, 5) is 1.99. The molecule has 0 saturated heterocycles. The molecule has 0 radical (unpaired) electrons. The maximum atomic E-state index is 10.4. The minimum absolute atomic E-state index is 0.581. The van der Waals surface area contributed by atoms with Crippen molar-refractivity contribution in [3.63, 3.8) is 0 Å². The van der Waals surface area contributed by atoms with E-state index in [0.29, 0.717) is 16.3 Å². The van der Waals surface area contributed by atoms with Crippen LogP contribution in [0.4, 0.5) is 0 Å². The van der Waals surface area contributed by atoms with E-state index in [1.807, 2.05) is 13.0 Å². The Kier molecular flexibility index (Phi) is 4.33. The highest BCUT2D eigenvalue weighted by Gasteiger charge is 2.18. The largest absolute Gasteiger partial charge is 0.496 e. The van der Waals surface area contributed by atoms with Crippen molar-refractivity contribution in [1.29, 1.82) is 0 Å². The molecule has 0 fully saturated rings. The van der Waals surface area contributed by atoms with Crippen LogP contribution in [0.5, 0.6) is 5.75 Å². The van der Waals surface area contributed by atoms with E-state index in [1.54, 1.807) is 36.6 Å². The summed E-state index contributed by atoms with van der Waals surface area (Å²) in [6, 6.07) is 7.15. The second-order valence-corrected chi connectivity index (χ2v) is 6.42. The number of aliphatic hydroxyl groups is 1. The monoisotopic (exact) mass is 346 g/mol. The van der Waals surface area contributed by atoms with Gasteiger partial charge in [-0.05, 0) is 47.1 Å². The van der Waals surface area contributed by atoms with Gasteiger partial charge in [-0.25, -0.2) is 0 Å². The van der Waals surface area contributed by atoms with Gasteiger partial charge >= 0.3 is 0 Å². The van der Waals surface area contributed by atoms with Crippen molar-refractivity contribution in [3.05, 3.63) is 49.1 Å². The van der Waals surface area contributed by atoms with Gasteiger partial charge in [-0.2, -0.15) is 0 Å². The summed E-state index contributed by atoms with van der Waals surface area (Å²) in [7, 11) is 1.58. The molecule has 1 aromatic heterocycles. The number of aliphatic hydroxyl groups excluding tert-OH is 1. The number of aryl methyl sites for hydroxylation is 1. The van der Waals surface area contributed by atoms with Crippen molar-refractivity contribution in [2.45, 2.75) is 13.0 Å². The molecule has 2 aromatic rings. The zero-order chi connectivity index (χ0) is 13.3. The third kappa shape index (κ3) is 2.72. The third-order valence-electron chi connectivity index (χ3n) is 2.63. The van der Waals surface area contributed by atoms with Gasteiger partial charge in [-0.1, -0.05) is 11.6 Å². The molecule has 0 spiro atoms. The molecule has 0 saturated carbocycles. The summed E-state index contributed by atoms with van der Waals surface area (Å²) in [5.74, 6) is 0.633. The van der Waals surface area contributed by atoms with Gasteiger partial charge in [-0.3, -0.25) is 0 Å². The number of thiophene rings is 1. The molecule has 96 valence electrons. The summed E-state index contributed by atoms with van der Waals surface area (Å²) >= 11 is 11.0. The first kappa shape index (κ1) is 13.9. The molecule has 0 aliphatic rings. The minimum Gasteiger partial charge on any atom is -0.496 e. The van der Waals surface area contributed by atoms with Crippen LogP contribution in [0.25, 0.3) is 0 Å². The minimum atomic E-state index is -0.728. The molecule has 1 atom stereocenters. The maximum Gasteiger partial charge on any atom is 0.125 e. The lowest BCUT2D eigenvalue weighted by atomic mass is 10.1. The van der Waals surface area contributed by atoms with Gasteiger partial charge in [0.2, 0.25) is 0 Å². The van der Waals surface area contributed by atoms with Crippen LogP contribution in [0.15, 0.2) is 28.7 Å². The quantitative estimate of drug-likeness (QED) is 0.882. The average molecular weight is 348 g/mol. The number of halogens is 2. The van der Waals surface area contributed by atoms with E-state index in [9.17, 15) is 5.11 Å². The molecule has 18 heavy (non-hydrogen) atoms. The van der Waals surface area contributed by atoms with Crippen LogP contribution in [0.1, 0.15) is 21.4 Å². The van der Waals surface area contributed by atoms with E-state index >= 15 is 0 Å². The fourth-order valence-corrected chi connectivity index (χ4v) is 3.44. The Labute approximate surface area is 123 Å². The zero-order valence-corrected chi connectivity index (χ0v) is 13.1. The lowest BCUT2D eigenvalue weighted by molar-refractivity contribution is 0.218. The Hall–Kier alpha value is -0.550. The van der Waals surface area contributed by atoms with E-state index in [-0.39, 0.29) is 0 Å². The molecule has 2 rings (SSSR count). The van der Waals surface area contributed by atoms with Crippen LogP contribution in [-0.4, -0.2) is 12.2 Å². The normalized spacial score (nSPS) is 12.5. The van der Waals surface area contributed by atoms with Crippen molar-refractivity contribution in [2.24, 2.45) is 0 Å². The summed E-state index contributed by atoms with van der Waals surface area (Å²) in [6.45, 7) is 2.00. The highest BCUT2D eigenvalue weighted by atomic mass is 79.9. The van der Waals surface area contributed by atoms with Gasteiger partial charge in [0.1, 0.15) is 11.9 Å². The van der Waals surface area contributed by atoms with E-state index in [0.717, 1.165) is 14.2 Å². The molecule has 1 unspecified atom stereocenters. The third-order valence-corrected chi connectivity index (χ3v) is 5.06. The van der Waals surface area contributed by atoms with E-state index in [4.69, 9.17) is 16.3 Å². The van der Waals surface area contributed by atoms with E-state index in [1.165, 1.54) is 0 Å². The van der Waals surface area contributed by atoms with Crippen LogP contribution in [0.3, 0.4) is 0 Å². The Bertz CT molecular complexity index is 549. The summed E-state index contributed by atoms with van der Waals surface area (Å²) in [5.41, 5.74) is 0.679.